The predicted octanol–water partition coefficient (Wildman–Crippen LogP) is 0.337. The molecule has 1 aromatic rings. The SMILES string of the molecule is N#C/C(=C/NCCOCCO)C(=O)Nc1ccc(O)cc1. The summed E-state index contributed by atoms with van der Waals surface area (Å²) in [5.41, 5.74) is 0.399. The van der Waals surface area contributed by atoms with Gasteiger partial charge in [0, 0.05) is 18.4 Å². The number of nitrogens with zero attached hydrogens (tertiary/aromatic N) is 1. The Morgan fingerprint density at radius 3 is 2.67 bits per heavy atom. The third-order valence-corrected chi connectivity index (χ3v) is 2.36. The smallest absolute Gasteiger partial charge is 0.267 e. The molecule has 7 nitrogen and oxygen atoms in total. The number of nitrogens with one attached hydrogen (secondary N) is 2. The summed E-state index contributed by atoms with van der Waals surface area (Å²) in [6.45, 7) is 0.971. The quantitative estimate of drug-likeness (QED) is 0.238. The third kappa shape index (κ3) is 6.42. The summed E-state index contributed by atoms with van der Waals surface area (Å²) in [5, 5.41) is 31.9. The summed E-state index contributed by atoms with van der Waals surface area (Å²) in [7, 11) is 0. The summed E-state index contributed by atoms with van der Waals surface area (Å²) < 4.78 is 5.02. The van der Waals surface area contributed by atoms with E-state index in [9.17, 15) is 4.79 Å². The van der Waals surface area contributed by atoms with E-state index in [1.807, 2.05) is 0 Å². The Bertz CT molecular complexity index is 520. The number of aliphatic hydroxyl groups is 1. The molecule has 0 aromatic heterocycles. The van der Waals surface area contributed by atoms with E-state index in [2.05, 4.69) is 10.6 Å². The molecule has 0 fully saturated rings. The van der Waals surface area contributed by atoms with Crippen LogP contribution < -0.4 is 10.6 Å². The Morgan fingerprint density at radius 2 is 2.05 bits per heavy atom. The molecule has 0 atom stereocenters. The average Bonchev–Trinajstić information content (AvgIpc) is 2.49. The van der Waals surface area contributed by atoms with Crippen molar-refractivity contribution in [2.45, 2.75) is 0 Å². The Hall–Kier alpha value is -2.56. The normalized spacial score (nSPS) is 10.8. The van der Waals surface area contributed by atoms with E-state index in [0.29, 0.717) is 18.8 Å². The second-order valence-corrected chi connectivity index (χ2v) is 3.96. The topological polar surface area (TPSA) is 115 Å². The lowest BCUT2D eigenvalue weighted by atomic mass is 10.2. The first-order valence-corrected chi connectivity index (χ1v) is 6.30. The van der Waals surface area contributed by atoms with Crippen LogP contribution >= 0.6 is 0 Å². The van der Waals surface area contributed by atoms with Crippen LogP contribution in [0.15, 0.2) is 36.0 Å². The summed E-state index contributed by atoms with van der Waals surface area (Å²) in [6, 6.07) is 7.71. The number of amides is 1. The van der Waals surface area contributed by atoms with E-state index >= 15 is 0 Å². The fourth-order valence-corrected chi connectivity index (χ4v) is 1.36. The molecular formula is C14H17N3O4. The maximum atomic E-state index is 11.8. The van der Waals surface area contributed by atoms with Gasteiger partial charge in [0.15, 0.2) is 0 Å². The molecule has 21 heavy (non-hydrogen) atoms. The highest BCUT2D eigenvalue weighted by molar-refractivity contribution is 6.06. The number of aromatic hydroxyl groups is 1. The van der Waals surface area contributed by atoms with Crippen LogP contribution in [-0.4, -0.2) is 42.5 Å². The fourth-order valence-electron chi connectivity index (χ4n) is 1.36. The number of hydrogen-bond acceptors (Lipinski definition) is 6. The number of ether oxygens (including phenoxy) is 1. The number of rotatable bonds is 8. The van der Waals surface area contributed by atoms with Gasteiger partial charge in [0.2, 0.25) is 0 Å². The molecule has 1 rings (SSSR count). The van der Waals surface area contributed by atoms with Gasteiger partial charge in [-0.05, 0) is 24.3 Å². The van der Waals surface area contributed by atoms with Crippen molar-refractivity contribution in [3.8, 4) is 11.8 Å². The average molecular weight is 291 g/mol. The van der Waals surface area contributed by atoms with Crippen molar-refractivity contribution in [2.24, 2.45) is 0 Å². The number of benzene rings is 1. The zero-order valence-corrected chi connectivity index (χ0v) is 11.4. The van der Waals surface area contributed by atoms with E-state index in [1.54, 1.807) is 6.07 Å². The van der Waals surface area contributed by atoms with Crippen LogP contribution in [0.4, 0.5) is 5.69 Å². The van der Waals surface area contributed by atoms with Gasteiger partial charge in [0.1, 0.15) is 17.4 Å². The molecule has 0 heterocycles. The first-order valence-electron chi connectivity index (χ1n) is 6.30. The molecule has 1 amide bonds. The van der Waals surface area contributed by atoms with Crippen molar-refractivity contribution in [3.63, 3.8) is 0 Å². The van der Waals surface area contributed by atoms with Crippen molar-refractivity contribution in [1.29, 1.82) is 5.26 Å². The van der Waals surface area contributed by atoms with Gasteiger partial charge >= 0.3 is 0 Å². The number of anilines is 1. The maximum Gasteiger partial charge on any atom is 0.267 e. The van der Waals surface area contributed by atoms with E-state index < -0.39 is 5.91 Å². The van der Waals surface area contributed by atoms with Gasteiger partial charge in [0.05, 0.1) is 19.8 Å². The highest BCUT2D eigenvalue weighted by atomic mass is 16.5. The van der Waals surface area contributed by atoms with Gasteiger partial charge < -0.3 is 25.6 Å². The fraction of sp³-hybridized carbons (Fsp3) is 0.286. The second kappa shape index (κ2) is 9.36. The van der Waals surface area contributed by atoms with Gasteiger partial charge in [-0.3, -0.25) is 4.79 Å². The van der Waals surface area contributed by atoms with Crippen molar-refractivity contribution < 1.29 is 19.7 Å². The highest BCUT2D eigenvalue weighted by Crippen LogP contribution is 2.14. The van der Waals surface area contributed by atoms with Crippen molar-refractivity contribution in [3.05, 3.63) is 36.0 Å². The minimum absolute atomic E-state index is 0.0473. The number of carbonyl (C=O) groups excluding carboxylic acids is 1. The molecule has 0 aliphatic rings. The number of phenols is 1. The third-order valence-electron chi connectivity index (χ3n) is 2.36. The van der Waals surface area contributed by atoms with Crippen LogP contribution in [0, 0.1) is 11.3 Å². The van der Waals surface area contributed by atoms with Crippen molar-refractivity contribution >= 4 is 11.6 Å². The molecule has 7 heteroatoms. The lowest BCUT2D eigenvalue weighted by molar-refractivity contribution is -0.112. The van der Waals surface area contributed by atoms with E-state index in [-0.39, 0.29) is 24.5 Å². The minimum atomic E-state index is -0.549. The summed E-state index contributed by atoms with van der Waals surface area (Å²) in [4.78, 5) is 11.8. The minimum Gasteiger partial charge on any atom is -0.508 e. The molecule has 1 aromatic carbocycles. The molecule has 0 aliphatic heterocycles. The zero-order valence-electron chi connectivity index (χ0n) is 11.4. The lowest BCUT2D eigenvalue weighted by Gasteiger charge is -2.05. The van der Waals surface area contributed by atoms with Gasteiger partial charge in [-0.15, -0.1) is 0 Å². The molecule has 0 spiro atoms. The van der Waals surface area contributed by atoms with Gasteiger partial charge in [0.25, 0.3) is 5.91 Å². The molecular weight excluding hydrogens is 274 g/mol. The first-order chi connectivity index (χ1) is 10.2. The summed E-state index contributed by atoms with van der Waals surface area (Å²) in [6.07, 6.45) is 1.30. The maximum absolute atomic E-state index is 11.8. The second-order valence-electron chi connectivity index (χ2n) is 3.96. The predicted molar refractivity (Wildman–Crippen MR) is 76.3 cm³/mol. The Morgan fingerprint density at radius 1 is 1.33 bits per heavy atom. The van der Waals surface area contributed by atoms with Crippen LogP contribution in [0.5, 0.6) is 5.75 Å². The van der Waals surface area contributed by atoms with Gasteiger partial charge in [-0.1, -0.05) is 0 Å². The Labute approximate surface area is 122 Å². The standard InChI is InChI=1S/C14H17N3O4/c15-9-11(10-16-5-7-21-8-6-18)14(20)17-12-1-3-13(19)4-2-12/h1-4,10,16,18-19H,5-8H2,(H,17,20)/b11-10-. The Balaban J connectivity index is 2.45. The molecule has 0 radical (unpaired) electrons. The van der Waals surface area contributed by atoms with Crippen LogP contribution in [0.2, 0.25) is 0 Å². The monoisotopic (exact) mass is 291 g/mol. The molecule has 0 saturated heterocycles. The summed E-state index contributed by atoms with van der Waals surface area (Å²) >= 11 is 0. The molecule has 4 N–H and O–H groups in total. The van der Waals surface area contributed by atoms with Crippen LogP contribution in [0.3, 0.4) is 0 Å². The molecule has 112 valence electrons. The molecule has 0 aliphatic carbocycles. The molecule has 0 saturated carbocycles. The number of nitriles is 1. The number of phenolic OH excluding ortho intramolecular Hbond substituents is 1. The number of hydrogen-bond donors (Lipinski definition) is 4. The zero-order chi connectivity index (χ0) is 15.5. The lowest BCUT2D eigenvalue weighted by Crippen LogP contribution is -2.19. The van der Waals surface area contributed by atoms with Crippen LogP contribution in [0.1, 0.15) is 0 Å². The van der Waals surface area contributed by atoms with E-state index in [0.717, 1.165) is 0 Å². The van der Waals surface area contributed by atoms with E-state index in [1.165, 1.54) is 30.5 Å². The van der Waals surface area contributed by atoms with Crippen molar-refractivity contribution in [1.82, 2.24) is 5.32 Å². The van der Waals surface area contributed by atoms with Gasteiger partial charge in [-0.2, -0.15) is 5.26 Å². The van der Waals surface area contributed by atoms with E-state index in [4.69, 9.17) is 20.2 Å². The molecule has 0 bridgehead atoms. The van der Waals surface area contributed by atoms with Crippen LogP contribution in [-0.2, 0) is 9.53 Å². The van der Waals surface area contributed by atoms with Crippen molar-refractivity contribution in [2.75, 3.05) is 31.7 Å². The van der Waals surface area contributed by atoms with Gasteiger partial charge in [-0.25, -0.2) is 0 Å². The number of carbonyl (C=O) groups is 1. The Kier molecular flexibility index (Phi) is 7.35. The highest BCUT2D eigenvalue weighted by Gasteiger charge is 2.08. The summed E-state index contributed by atoms with van der Waals surface area (Å²) in [5.74, 6) is -0.458. The first kappa shape index (κ1) is 16.5. The molecule has 0 unspecified atom stereocenters. The largest absolute Gasteiger partial charge is 0.508 e. The van der Waals surface area contributed by atoms with Crippen LogP contribution in [0.25, 0.3) is 0 Å². The number of aliphatic hydroxyl groups excluding tert-OH is 1.